The van der Waals surface area contributed by atoms with E-state index in [1.807, 2.05) is 0 Å². The summed E-state index contributed by atoms with van der Waals surface area (Å²) in [4.78, 5) is 0. The highest BCUT2D eigenvalue weighted by molar-refractivity contribution is 9.11. The molecule has 20 heavy (non-hydrogen) atoms. The van der Waals surface area contributed by atoms with Crippen LogP contribution in [0.5, 0.6) is 5.75 Å². The Hall–Kier alpha value is -0.0600. The lowest BCUT2D eigenvalue weighted by molar-refractivity contribution is 0.334. The third-order valence-corrected chi connectivity index (χ3v) is 5.22. The Kier molecular flexibility index (Phi) is 6.85. The first-order chi connectivity index (χ1) is 9.70. The molecule has 0 bridgehead atoms. The number of hydrogen-bond acceptors (Lipinski definition) is 2. The Morgan fingerprint density at radius 3 is 2.40 bits per heavy atom. The summed E-state index contributed by atoms with van der Waals surface area (Å²) in [6.07, 6.45) is 8.49. The van der Waals surface area contributed by atoms with E-state index < -0.39 is 0 Å². The number of methoxy groups -OCH3 is 1. The van der Waals surface area contributed by atoms with Crippen LogP contribution in [0.4, 0.5) is 0 Å². The Labute approximate surface area is 138 Å². The molecule has 1 saturated carbocycles. The van der Waals surface area contributed by atoms with E-state index in [0.29, 0.717) is 0 Å². The fourth-order valence-electron chi connectivity index (χ4n) is 2.92. The smallest absolute Gasteiger partial charge is 0.147 e. The molecule has 1 N–H and O–H groups in total. The van der Waals surface area contributed by atoms with Crippen molar-refractivity contribution in [2.45, 2.75) is 45.1 Å². The van der Waals surface area contributed by atoms with Crippen molar-refractivity contribution in [1.82, 2.24) is 5.32 Å². The van der Waals surface area contributed by atoms with E-state index in [9.17, 15) is 0 Å². The van der Waals surface area contributed by atoms with E-state index in [2.05, 4.69) is 49.3 Å². The molecule has 0 heterocycles. The largest absolute Gasteiger partial charge is 0.494 e. The van der Waals surface area contributed by atoms with Crippen LogP contribution < -0.4 is 10.1 Å². The van der Waals surface area contributed by atoms with Gasteiger partial charge >= 0.3 is 0 Å². The zero-order chi connectivity index (χ0) is 14.4. The molecule has 2 rings (SSSR count). The highest BCUT2D eigenvalue weighted by Gasteiger charge is 2.12. The van der Waals surface area contributed by atoms with Gasteiger partial charge in [-0.1, -0.05) is 32.1 Å². The molecule has 1 aliphatic carbocycles. The maximum atomic E-state index is 5.32. The monoisotopic (exact) mass is 403 g/mol. The van der Waals surface area contributed by atoms with Crippen LogP contribution in [0.1, 0.15) is 44.1 Å². The zero-order valence-electron chi connectivity index (χ0n) is 12.1. The second-order valence-corrected chi connectivity index (χ2v) is 7.27. The van der Waals surface area contributed by atoms with Crippen LogP contribution in [-0.4, -0.2) is 13.7 Å². The van der Waals surface area contributed by atoms with Crippen LogP contribution in [0.3, 0.4) is 0 Å². The van der Waals surface area contributed by atoms with Crippen molar-refractivity contribution in [3.8, 4) is 5.75 Å². The van der Waals surface area contributed by atoms with Gasteiger partial charge in [-0.05, 0) is 68.4 Å². The first-order valence-corrected chi connectivity index (χ1v) is 9.02. The Morgan fingerprint density at radius 1 is 1.15 bits per heavy atom. The topological polar surface area (TPSA) is 21.3 Å². The summed E-state index contributed by atoms with van der Waals surface area (Å²) in [5.41, 5.74) is 1.27. The Bertz CT molecular complexity index is 407. The molecule has 0 saturated heterocycles. The summed E-state index contributed by atoms with van der Waals surface area (Å²) < 4.78 is 7.32. The molecule has 0 spiro atoms. The fraction of sp³-hybridized carbons (Fsp3) is 0.625. The summed E-state index contributed by atoms with van der Waals surface area (Å²) in [6.45, 7) is 2.03. The summed E-state index contributed by atoms with van der Waals surface area (Å²) >= 11 is 7.09. The third-order valence-electron chi connectivity index (χ3n) is 4.05. The maximum absolute atomic E-state index is 5.32. The van der Waals surface area contributed by atoms with Crippen LogP contribution in [0.25, 0.3) is 0 Å². The van der Waals surface area contributed by atoms with Gasteiger partial charge in [-0.3, -0.25) is 0 Å². The van der Waals surface area contributed by atoms with Gasteiger partial charge < -0.3 is 10.1 Å². The minimum atomic E-state index is 0.857. The van der Waals surface area contributed by atoms with Crippen molar-refractivity contribution in [3.63, 3.8) is 0 Å². The lowest BCUT2D eigenvalue weighted by Gasteiger charge is -2.21. The van der Waals surface area contributed by atoms with Gasteiger partial charge in [-0.15, -0.1) is 0 Å². The molecule has 0 aromatic heterocycles. The second kappa shape index (κ2) is 8.40. The van der Waals surface area contributed by atoms with E-state index in [4.69, 9.17) is 4.74 Å². The predicted molar refractivity (Wildman–Crippen MR) is 91.3 cm³/mol. The Morgan fingerprint density at radius 2 is 1.80 bits per heavy atom. The molecular formula is C16H23Br2NO. The van der Waals surface area contributed by atoms with Crippen molar-refractivity contribution in [2.24, 2.45) is 5.92 Å². The molecule has 0 radical (unpaired) electrons. The summed E-state index contributed by atoms with van der Waals surface area (Å²) in [5.74, 6) is 1.81. The van der Waals surface area contributed by atoms with Gasteiger partial charge in [-0.25, -0.2) is 0 Å². The molecule has 4 heteroatoms. The molecule has 1 aromatic carbocycles. The van der Waals surface area contributed by atoms with E-state index in [-0.39, 0.29) is 0 Å². The molecule has 112 valence electrons. The third kappa shape index (κ3) is 4.74. The number of rotatable bonds is 6. The van der Waals surface area contributed by atoms with Gasteiger partial charge in [0.2, 0.25) is 0 Å². The van der Waals surface area contributed by atoms with E-state index in [1.165, 1.54) is 44.1 Å². The van der Waals surface area contributed by atoms with Gasteiger partial charge in [0, 0.05) is 6.54 Å². The molecular weight excluding hydrogens is 382 g/mol. The Balaban J connectivity index is 1.76. The van der Waals surface area contributed by atoms with Crippen LogP contribution in [0, 0.1) is 5.92 Å². The molecule has 0 aliphatic heterocycles. The van der Waals surface area contributed by atoms with Crippen LogP contribution in [0.15, 0.2) is 21.1 Å². The van der Waals surface area contributed by atoms with Crippen LogP contribution in [0.2, 0.25) is 0 Å². The van der Waals surface area contributed by atoms with Crippen molar-refractivity contribution in [2.75, 3.05) is 13.7 Å². The van der Waals surface area contributed by atoms with E-state index in [1.54, 1.807) is 7.11 Å². The van der Waals surface area contributed by atoms with Gasteiger partial charge in [0.25, 0.3) is 0 Å². The molecule has 2 nitrogen and oxygen atoms in total. The summed E-state index contributed by atoms with van der Waals surface area (Å²) in [7, 11) is 1.69. The zero-order valence-corrected chi connectivity index (χ0v) is 15.2. The molecule has 1 aromatic rings. The minimum Gasteiger partial charge on any atom is -0.494 e. The van der Waals surface area contributed by atoms with Crippen LogP contribution >= 0.6 is 31.9 Å². The molecule has 1 fully saturated rings. The first kappa shape index (κ1) is 16.3. The number of hydrogen-bond donors (Lipinski definition) is 1. The van der Waals surface area contributed by atoms with Crippen molar-refractivity contribution >= 4 is 31.9 Å². The molecule has 0 atom stereocenters. The number of halogens is 2. The van der Waals surface area contributed by atoms with Gasteiger partial charge in [-0.2, -0.15) is 0 Å². The SMILES string of the molecule is COc1c(Br)cc(CNCCC2CCCCC2)cc1Br. The van der Waals surface area contributed by atoms with Crippen molar-refractivity contribution in [1.29, 1.82) is 0 Å². The van der Waals surface area contributed by atoms with Crippen molar-refractivity contribution in [3.05, 3.63) is 26.6 Å². The average molecular weight is 405 g/mol. The van der Waals surface area contributed by atoms with Crippen molar-refractivity contribution < 1.29 is 4.74 Å². The van der Waals surface area contributed by atoms with Gasteiger partial charge in [0.1, 0.15) is 5.75 Å². The normalized spacial score (nSPS) is 16.4. The lowest BCUT2D eigenvalue weighted by atomic mass is 9.87. The molecule has 0 unspecified atom stereocenters. The van der Waals surface area contributed by atoms with Crippen LogP contribution in [-0.2, 0) is 6.54 Å². The first-order valence-electron chi connectivity index (χ1n) is 7.43. The molecule has 0 amide bonds. The quantitative estimate of drug-likeness (QED) is 0.651. The average Bonchev–Trinajstić information content (AvgIpc) is 2.44. The van der Waals surface area contributed by atoms with E-state index >= 15 is 0 Å². The standard InChI is InChI=1S/C16H23Br2NO/c1-20-16-14(17)9-13(10-15(16)18)11-19-8-7-12-5-3-2-4-6-12/h9-10,12,19H,2-8,11H2,1H3. The highest BCUT2D eigenvalue weighted by atomic mass is 79.9. The van der Waals surface area contributed by atoms with Gasteiger partial charge in [0.15, 0.2) is 0 Å². The van der Waals surface area contributed by atoms with E-state index in [0.717, 1.165) is 33.7 Å². The predicted octanol–water partition coefficient (Wildman–Crippen LogP) is 5.28. The second-order valence-electron chi connectivity index (χ2n) is 5.56. The van der Waals surface area contributed by atoms with Gasteiger partial charge in [0.05, 0.1) is 16.1 Å². The maximum Gasteiger partial charge on any atom is 0.147 e. The minimum absolute atomic E-state index is 0.857. The number of ether oxygens (including phenoxy) is 1. The highest BCUT2D eigenvalue weighted by Crippen LogP contribution is 2.34. The molecule has 1 aliphatic rings. The summed E-state index contributed by atoms with van der Waals surface area (Å²) in [5, 5.41) is 3.56. The number of benzene rings is 1. The lowest BCUT2D eigenvalue weighted by Crippen LogP contribution is -2.19. The summed E-state index contributed by atoms with van der Waals surface area (Å²) in [6, 6.07) is 4.24. The number of nitrogens with one attached hydrogen (secondary N) is 1. The fourth-order valence-corrected chi connectivity index (χ4v) is 4.53.